The van der Waals surface area contributed by atoms with Gasteiger partial charge < -0.3 is 10.5 Å². The monoisotopic (exact) mass is 267 g/mol. The van der Waals surface area contributed by atoms with Gasteiger partial charge in [0.05, 0.1) is 0 Å². The first-order chi connectivity index (χ1) is 9.10. The van der Waals surface area contributed by atoms with Gasteiger partial charge >= 0.3 is 0 Å². The molecule has 0 aliphatic carbocycles. The highest BCUT2D eigenvalue weighted by Gasteiger charge is 2.10. The summed E-state index contributed by atoms with van der Waals surface area (Å²) in [5.74, 6) is -1.74. The summed E-state index contributed by atoms with van der Waals surface area (Å²) in [6.07, 6.45) is 0.399. The molecular weight excluding hydrogens is 255 g/mol. The van der Waals surface area contributed by atoms with Crippen LogP contribution in [0.25, 0.3) is 0 Å². The molecule has 2 nitrogen and oxygen atoms in total. The number of hydrogen-bond donors (Lipinski definition) is 1. The molecule has 0 aliphatic rings. The predicted molar refractivity (Wildman–Crippen MR) is 65.6 cm³/mol. The zero-order chi connectivity index (χ0) is 13.8. The predicted octanol–water partition coefficient (Wildman–Crippen LogP) is 3.40. The van der Waals surface area contributed by atoms with E-state index in [9.17, 15) is 13.2 Å². The number of ether oxygens (including phenoxy) is 1. The summed E-state index contributed by atoms with van der Waals surface area (Å²) in [5, 5.41) is 0. The van der Waals surface area contributed by atoms with Crippen LogP contribution in [0.2, 0.25) is 0 Å². The molecule has 0 spiro atoms. The van der Waals surface area contributed by atoms with E-state index in [2.05, 4.69) is 0 Å². The Morgan fingerprint density at radius 3 is 2.16 bits per heavy atom. The van der Waals surface area contributed by atoms with E-state index in [0.29, 0.717) is 24.3 Å². The number of nitrogens with two attached hydrogens (primary N) is 1. The first-order valence-corrected chi connectivity index (χ1v) is 5.71. The van der Waals surface area contributed by atoms with E-state index in [1.165, 1.54) is 24.3 Å². The van der Waals surface area contributed by atoms with Crippen molar-refractivity contribution >= 4 is 0 Å². The Kier molecular flexibility index (Phi) is 4.06. The van der Waals surface area contributed by atoms with E-state index in [1.807, 2.05) is 0 Å². The number of rotatable bonds is 4. The van der Waals surface area contributed by atoms with E-state index in [-0.39, 0.29) is 5.75 Å². The number of benzene rings is 2. The quantitative estimate of drug-likeness (QED) is 0.921. The number of halogens is 3. The first-order valence-electron chi connectivity index (χ1n) is 5.71. The van der Waals surface area contributed by atoms with Gasteiger partial charge in [-0.05, 0) is 48.9 Å². The van der Waals surface area contributed by atoms with Crippen molar-refractivity contribution in [2.24, 2.45) is 5.73 Å². The Morgan fingerprint density at radius 2 is 1.53 bits per heavy atom. The molecule has 2 aromatic carbocycles. The van der Waals surface area contributed by atoms with Crippen molar-refractivity contribution in [1.82, 2.24) is 0 Å². The molecule has 19 heavy (non-hydrogen) atoms. The summed E-state index contributed by atoms with van der Waals surface area (Å²) < 4.78 is 44.7. The molecule has 0 saturated carbocycles. The Labute approximate surface area is 108 Å². The molecule has 0 amide bonds. The molecule has 0 bridgehead atoms. The fraction of sp³-hybridized carbons (Fsp3) is 0.143. The van der Waals surface area contributed by atoms with Crippen LogP contribution >= 0.6 is 0 Å². The van der Waals surface area contributed by atoms with Crippen molar-refractivity contribution in [2.75, 3.05) is 6.54 Å². The third kappa shape index (κ3) is 3.26. The van der Waals surface area contributed by atoms with Crippen LogP contribution in [0, 0.1) is 17.5 Å². The third-order valence-electron chi connectivity index (χ3n) is 2.55. The van der Waals surface area contributed by atoms with Crippen molar-refractivity contribution in [1.29, 1.82) is 0 Å². The summed E-state index contributed by atoms with van der Waals surface area (Å²) >= 11 is 0. The topological polar surface area (TPSA) is 35.2 Å². The zero-order valence-electron chi connectivity index (χ0n) is 10.00. The second kappa shape index (κ2) is 5.75. The third-order valence-corrected chi connectivity index (χ3v) is 2.55. The SMILES string of the molecule is NCCc1cc(F)ccc1Oc1ccc(F)cc1F. The van der Waals surface area contributed by atoms with Crippen LogP contribution in [0.1, 0.15) is 5.56 Å². The minimum absolute atomic E-state index is 0.119. The van der Waals surface area contributed by atoms with Crippen LogP contribution in [0.3, 0.4) is 0 Å². The van der Waals surface area contributed by atoms with Gasteiger partial charge in [0, 0.05) is 6.07 Å². The summed E-state index contributed by atoms with van der Waals surface area (Å²) in [5.41, 5.74) is 5.95. The van der Waals surface area contributed by atoms with Crippen LogP contribution in [0.5, 0.6) is 11.5 Å². The average molecular weight is 267 g/mol. The Balaban J connectivity index is 2.32. The largest absolute Gasteiger partial charge is 0.454 e. The van der Waals surface area contributed by atoms with Gasteiger partial charge in [0.25, 0.3) is 0 Å². The van der Waals surface area contributed by atoms with E-state index in [0.717, 1.165) is 12.1 Å². The highest BCUT2D eigenvalue weighted by Crippen LogP contribution is 2.28. The van der Waals surface area contributed by atoms with Crippen molar-refractivity contribution in [3.8, 4) is 11.5 Å². The highest BCUT2D eigenvalue weighted by atomic mass is 19.1. The van der Waals surface area contributed by atoms with Gasteiger partial charge in [0.2, 0.25) is 0 Å². The summed E-state index contributed by atoms with van der Waals surface area (Å²) in [6.45, 7) is 0.311. The van der Waals surface area contributed by atoms with E-state index in [1.54, 1.807) is 0 Å². The van der Waals surface area contributed by atoms with E-state index < -0.39 is 17.5 Å². The molecule has 2 aromatic rings. The van der Waals surface area contributed by atoms with Crippen molar-refractivity contribution in [2.45, 2.75) is 6.42 Å². The van der Waals surface area contributed by atoms with Gasteiger partial charge in [-0.15, -0.1) is 0 Å². The molecule has 100 valence electrons. The molecule has 0 radical (unpaired) electrons. The van der Waals surface area contributed by atoms with Crippen LogP contribution in [-0.4, -0.2) is 6.54 Å². The van der Waals surface area contributed by atoms with Crippen LogP contribution in [0.15, 0.2) is 36.4 Å². The number of hydrogen-bond acceptors (Lipinski definition) is 2. The first kappa shape index (κ1) is 13.4. The maximum Gasteiger partial charge on any atom is 0.168 e. The minimum atomic E-state index is -0.817. The lowest BCUT2D eigenvalue weighted by atomic mass is 10.1. The van der Waals surface area contributed by atoms with Crippen LogP contribution in [-0.2, 0) is 6.42 Å². The maximum atomic E-state index is 13.5. The smallest absolute Gasteiger partial charge is 0.168 e. The standard InChI is InChI=1S/C14H12F3NO/c15-10-1-3-13(9(7-10)5-6-18)19-14-4-2-11(16)8-12(14)17/h1-4,7-8H,5-6,18H2. The molecular formula is C14H12F3NO. The van der Waals surface area contributed by atoms with Gasteiger partial charge in [-0.2, -0.15) is 0 Å². The molecule has 5 heteroatoms. The summed E-state index contributed by atoms with van der Waals surface area (Å²) in [6, 6.07) is 6.87. The molecule has 2 rings (SSSR count). The summed E-state index contributed by atoms with van der Waals surface area (Å²) in [7, 11) is 0. The molecule has 0 fully saturated rings. The van der Waals surface area contributed by atoms with Crippen molar-refractivity contribution in [3.05, 3.63) is 59.4 Å². The molecule has 2 N–H and O–H groups in total. The molecule has 0 unspecified atom stereocenters. The lowest BCUT2D eigenvalue weighted by molar-refractivity contribution is 0.432. The van der Waals surface area contributed by atoms with Crippen LogP contribution < -0.4 is 10.5 Å². The normalized spacial score (nSPS) is 10.5. The van der Waals surface area contributed by atoms with Crippen molar-refractivity contribution in [3.63, 3.8) is 0 Å². The Hall–Kier alpha value is -2.01. The van der Waals surface area contributed by atoms with Gasteiger partial charge in [-0.3, -0.25) is 0 Å². The Morgan fingerprint density at radius 1 is 0.895 bits per heavy atom. The fourth-order valence-corrected chi connectivity index (χ4v) is 1.67. The molecule has 0 aliphatic heterocycles. The van der Waals surface area contributed by atoms with Crippen LogP contribution in [0.4, 0.5) is 13.2 Å². The Bertz CT molecular complexity index is 587. The van der Waals surface area contributed by atoms with E-state index >= 15 is 0 Å². The van der Waals surface area contributed by atoms with E-state index in [4.69, 9.17) is 10.5 Å². The second-order valence-electron chi connectivity index (χ2n) is 3.97. The van der Waals surface area contributed by atoms with Gasteiger partial charge in [-0.25, -0.2) is 13.2 Å². The van der Waals surface area contributed by atoms with Gasteiger partial charge in [-0.1, -0.05) is 0 Å². The lowest BCUT2D eigenvalue weighted by Crippen LogP contribution is -2.04. The average Bonchev–Trinajstić information content (AvgIpc) is 2.36. The molecule has 0 aromatic heterocycles. The lowest BCUT2D eigenvalue weighted by Gasteiger charge is -2.11. The maximum absolute atomic E-state index is 13.5. The van der Waals surface area contributed by atoms with Crippen molar-refractivity contribution < 1.29 is 17.9 Å². The van der Waals surface area contributed by atoms with Gasteiger partial charge in [0.1, 0.15) is 17.4 Å². The minimum Gasteiger partial charge on any atom is -0.454 e. The fourth-order valence-electron chi connectivity index (χ4n) is 1.67. The second-order valence-corrected chi connectivity index (χ2v) is 3.97. The molecule has 0 heterocycles. The van der Waals surface area contributed by atoms with Gasteiger partial charge in [0.15, 0.2) is 11.6 Å². The molecule has 0 atom stereocenters. The highest BCUT2D eigenvalue weighted by molar-refractivity contribution is 5.39. The molecule has 0 saturated heterocycles. The zero-order valence-corrected chi connectivity index (χ0v) is 10.00. The summed E-state index contributed by atoms with van der Waals surface area (Å²) in [4.78, 5) is 0.